The molecule has 1 unspecified atom stereocenters. The summed E-state index contributed by atoms with van der Waals surface area (Å²) >= 11 is 1.42. The highest BCUT2D eigenvalue weighted by Crippen LogP contribution is 2.27. The van der Waals surface area contributed by atoms with Crippen LogP contribution in [0, 0.1) is 12.7 Å². The molecule has 146 valence electrons. The van der Waals surface area contributed by atoms with E-state index in [1.54, 1.807) is 18.3 Å². The molecule has 4 rings (SSSR count). The normalized spacial score (nSPS) is 17.1. The van der Waals surface area contributed by atoms with Crippen molar-refractivity contribution < 1.29 is 9.18 Å². The lowest BCUT2D eigenvalue weighted by molar-refractivity contribution is 0.0625. The zero-order chi connectivity index (χ0) is 19.7. The molecule has 1 atom stereocenters. The summed E-state index contributed by atoms with van der Waals surface area (Å²) in [7, 11) is 1.94. The second-order valence-electron chi connectivity index (χ2n) is 6.94. The molecule has 0 aliphatic carbocycles. The van der Waals surface area contributed by atoms with Crippen LogP contribution in [0.25, 0.3) is 0 Å². The largest absolute Gasteiger partial charge is 0.336 e. The Morgan fingerprint density at radius 1 is 1.36 bits per heavy atom. The second kappa shape index (κ2) is 7.81. The first-order valence-electron chi connectivity index (χ1n) is 9.22. The summed E-state index contributed by atoms with van der Waals surface area (Å²) in [6, 6.07) is 6.28. The molecule has 2 aromatic heterocycles. The predicted molar refractivity (Wildman–Crippen MR) is 106 cm³/mol. The third kappa shape index (κ3) is 3.70. The summed E-state index contributed by atoms with van der Waals surface area (Å²) in [5, 5.41) is 4.21. The minimum Gasteiger partial charge on any atom is -0.336 e. The Hall–Kier alpha value is -2.58. The average molecular weight is 399 g/mol. The van der Waals surface area contributed by atoms with Crippen molar-refractivity contribution in [2.24, 2.45) is 7.05 Å². The number of nitrogens with zero attached hydrogens (tertiary/aromatic N) is 4. The maximum Gasteiger partial charge on any atom is 0.266 e. The lowest BCUT2D eigenvalue weighted by Gasteiger charge is -2.35. The number of thiazole rings is 1. The molecule has 1 amide bonds. The monoisotopic (exact) mass is 399 g/mol. The number of carbonyl (C=O) groups is 1. The highest BCUT2D eigenvalue weighted by atomic mass is 32.1. The van der Waals surface area contributed by atoms with Crippen LogP contribution in [0.1, 0.15) is 37.8 Å². The third-order valence-corrected chi connectivity index (χ3v) is 6.11. The van der Waals surface area contributed by atoms with E-state index >= 15 is 0 Å². The van der Waals surface area contributed by atoms with Gasteiger partial charge in [-0.3, -0.25) is 4.79 Å². The van der Waals surface area contributed by atoms with Gasteiger partial charge >= 0.3 is 0 Å². The van der Waals surface area contributed by atoms with Gasteiger partial charge < -0.3 is 14.8 Å². The van der Waals surface area contributed by atoms with Crippen molar-refractivity contribution in [3.8, 4) is 0 Å². The Morgan fingerprint density at radius 3 is 2.86 bits per heavy atom. The molecule has 6 nitrogen and oxygen atoms in total. The Bertz CT molecular complexity index is 981. The highest BCUT2D eigenvalue weighted by Gasteiger charge is 2.32. The van der Waals surface area contributed by atoms with E-state index in [-0.39, 0.29) is 17.8 Å². The van der Waals surface area contributed by atoms with E-state index in [2.05, 4.69) is 15.3 Å². The van der Waals surface area contributed by atoms with E-state index in [1.807, 2.05) is 29.6 Å². The van der Waals surface area contributed by atoms with Crippen LogP contribution >= 0.6 is 11.3 Å². The van der Waals surface area contributed by atoms with Gasteiger partial charge in [-0.1, -0.05) is 12.1 Å². The molecule has 1 aliphatic heterocycles. The lowest BCUT2D eigenvalue weighted by Crippen LogP contribution is -2.49. The number of piperazine rings is 1. The molecule has 1 aliphatic rings. The summed E-state index contributed by atoms with van der Waals surface area (Å²) in [5.74, 6) is 0.609. The maximum atomic E-state index is 13.3. The summed E-state index contributed by atoms with van der Waals surface area (Å²) in [6.07, 6.45) is 4.24. The number of imidazole rings is 1. The predicted octanol–water partition coefficient (Wildman–Crippen LogP) is 2.70. The number of amides is 1. The van der Waals surface area contributed by atoms with Crippen LogP contribution in [0.5, 0.6) is 0 Å². The van der Waals surface area contributed by atoms with Gasteiger partial charge in [0.15, 0.2) is 0 Å². The van der Waals surface area contributed by atoms with Gasteiger partial charge in [-0.05, 0) is 24.6 Å². The fraction of sp³-hybridized carbons (Fsp3) is 0.350. The van der Waals surface area contributed by atoms with Gasteiger partial charge in [-0.15, -0.1) is 11.3 Å². The Labute approximate surface area is 167 Å². The van der Waals surface area contributed by atoms with Crippen LogP contribution in [-0.4, -0.2) is 45.0 Å². The molecule has 0 bridgehead atoms. The first kappa shape index (κ1) is 18.8. The van der Waals surface area contributed by atoms with Gasteiger partial charge in [-0.25, -0.2) is 14.4 Å². The molecule has 0 spiro atoms. The van der Waals surface area contributed by atoms with Crippen molar-refractivity contribution in [1.82, 2.24) is 24.8 Å². The van der Waals surface area contributed by atoms with E-state index in [1.165, 1.54) is 23.5 Å². The van der Waals surface area contributed by atoms with Crippen LogP contribution in [0.3, 0.4) is 0 Å². The van der Waals surface area contributed by atoms with E-state index in [0.29, 0.717) is 24.4 Å². The SMILES string of the molecule is Cc1nc(Cc2ccc(F)cc2)sc1C(=O)N1CCNCC1c1nccn1C. The zero-order valence-corrected chi connectivity index (χ0v) is 16.7. The molecule has 3 heterocycles. The third-order valence-electron chi connectivity index (χ3n) is 4.96. The Morgan fingerprint density at radius 2 is 2.14 bits per heavy atom. The number of hydrogen-bond acceptors (Lipinski definition) is 5. The molecular formula is C20H22FN5OS. The highest BCUT2D eigenvalue weighted by molar-refractivity contribution is 7.13. The van der Waals surface area contributed by atoms with Gasteiger partial charge in [0.25, 0.3) is 5.91 Å². The molecule has 1 fully saturated rings. The topological polar surface area (TPSA) is 63.1 Å². The van der Waals surface area contributed by atoms with Crippen LogP contribution in [0.2, 0.25) is 0 Å². The van der Waals surface area contributed by atoms with E-state index in [0.717, 1.165) is 28.6 Å². The number of rotatable bonds is 4. The van der Waals surface area contributed by atoms with Gasteiger partial charge in [0.2, 0.25) is 0 Å². The van der Waals surface area contributed by atoms with Crippen LogP contribution < -0.4 is 5.32 Å². The van der Waals surface area contributed by atoms with Crippen molar-refractivity contribution in [2.75, 3.05) is 19.6 Å². The summed E-state index contributed by atoms with van der Waals surface area (Å²) in [4.78, 5) is 24.9. The molecule has 3 aromatic rings. The molecule has 28 heavy (non-hydrogen) atoms. The number of aryl methyl sites for hydroxylation is 2. The van der Waals surface area contributed by atoms with E-state index in [9.17, 15) is 9.18 Å². The number of nitrogens with one attached hydrogen (secondary N) is 1. The lowest BCUT2D eigenvalue weighted by atomic mass is 10.1. The number of carbonyl (C=O) groups excluding carboxylic acids is 1. The molecule has 8 heteroatoms. The maximum absolute atomic E-state index is 13.3. The zero-order valence-electron chi connectivity index (χ0n) is 15.9. The number of hydrogen-bond donors (Lipinski definition) is 1. The Kier molecular flexibility index (Phi) is 5.23. The van der Waals surface area contributed by atoms with Crippen molar-refractivity contribution in [3.63, 3.8) is 0 Å². The van der Waals surface area contributed by atoms with Gasteiger partial charge in [0, 0.05) is 45.5 Å². The van der Waals surface area contributed by atoms with Crippen LogP contribution in [0.15, 0.2) is 36.7 Å². The van der Waals surface area contributed by atoms with Gasteiger partial charge in [0.1, 0.15) is 22.6 Å². The fourth-order valence-electron chi connectivity index (χ4n) is 3.51. The molecule has 1 saturated heterocycles. The number of halogens is 1. The average Bonchev–Trinajstić information content (AvgIpc) is 3.28. The van der Waals surface area contributed by atoms with Crippen molar-refractivity contribution in [1.29, 1.82) is 0 Å². The quantitative estimate of drug-likeness (QED) is 0.733. The summed E-state index contributed by atoms with van der Waals surface area (Å²) < 4.78 is 15.1. The minimum atomic E-state index is -0.256. The van der Waals surface area contributed by atoms with Crippen molar-refractivity contribution in [3.05, 3.63) is 69.4 Å². The summed E-state index contributed by atoms with van der Waals surface area (Å²) in [5.41, 5.74) is 1.71. The Balaban J connectivity index is 1.57. The minimum absolute atomic E-state index is 0.00476. The molecule has 1 N–H and O–H groups in total. The van der Waals surface area contributed by atoms with Gasteiger partial charge in [-0.2, -0.15) is 0 Å². The first-order chi connectivity index (χ1) is 13.5. The fourth-order valence-corrected chi connectivity index (χ4v) is 4.56. The molecule has 1 aromatic carbocycles. The van der Waals surface area contributed by atoms with E-state index < -0.39 is 0 Å². The van der Waals surface area contributed by atoms with Gasteiger partial charge in [0.05, 0.1) is 10.7 Å². The van der Waals surface area contributed by atoms with E-state index in [4.69, 9.17) is 0 Å². The number of aromatic nitrogens is 3. The number of benzene rings is 1. The smallest absolute Gasteiger partial charge is 0.266 e. The van der Waals surface area contributed by atoms with Crippen molar-refractivity contribution >= 4 is 17.2 Å². The molecule has 0 saturated carbocycles. The van der Waals surface area contributed by atoms with Crippen LogP contribution in [-0.2, 0) is 13.5 Å². The summed E-state index contributed by atoms with van der Waals surface area (Å²) in [6.45, 7) is 3.93. The molecular weight excluding hydrogens is 377 g/mol. The van der Waals surface area contributed by atoms with Crippen LogP contribution in [0.4, 0.5) is 4.39 Å². The molecule has 0 radical (unpaired) electrons. The second-order valence-corrected chi connectivity index (χ2v) is 8.02. The first-order valence-corrected chi connectivity index (χ1v) is 10.0. The standard InChI is InChI=1S/C20H22FN5OS/c1-13-18(28-17(24-13)11-14-3-5-15(21)6-4-14)20(27)26-10-7-22-12-16(26)19-23-8-9-25(19)2/h3-6,8-9,16,22H,7,10-12H2,1-2H3. The van der Waals surface area contributed by atoms with Crippen molar-refractivity contribution in [2.45, 2.75) is 19.4 Å².